The second-order valence-electron chi connectivity index (χ2n) is 2.41. The number of alkyl carbamates (subject to hydrolysis) is 1. The van der Waals surface area contributed by atoms with Crippen molar-refractivity contribution in [1.82, 2.24) is 5.32 Å². The molecule has 12 heavy (non-hydrogen) atoms. The van der Waals surface area contributed by atoms with Gasteiger partial charge in [-0.15, -0.1) is 0 Å². The molecule has 0 bridgehead atoms. The fraction of sp³-hybridized carbons (Fsp3) is 0.375. The summed E-state index contributed by atoms with van der Waals surface area (Å²) in [5.74, 6) is 0. The van der Waals surface area contributed by atoms with E-state index < -0.39 is 6.09 Å². The van der Waals surface area contributed by atoms with Gasteiger partial charge in [0.1, 0.15) is 0 Å². The van der Waals surface area contributed by atoms with E-state index in [0.29, 0.717) is 0 Å². The Labute approximate surface area is 75.4 Å². The molecule has 0 spiro atoms. The Balaban J connectivity index is 2.49. The number of carbonyl (C=O) groups is 1. The summed E-state index contributed by atoms with van der Waals surface area (Å²) < 4.78 is 4.47. The standard InChI is InChI=1S/C8H11NO2S/c1-6(9-8(10)11-2)7-3-4-12-5-7/h3-6H,1-2H3,(H,9,10). The molecule has 0 aliphatic carbocycles. The van der Waals surface area contributed by atoms with E-state index in [0.717, 1.165) is 5.56 Å². The lowest BCUT2D eigenvalue weighted by Crippen LogP contribution is -2.25. The largest absolute Gasteiger partial charge is 0.453 e. The second kappa shape index (κ2) is 4.11. The number of amides is 1. The quantitative estimate of drug-likeness (QED) is 0.766. The highest BCUT2D eigenvalue weighted by atomic mass is 32.1. The first-order valence-electron chi connectivity index (χ1n) is 3.60. The van der Waals surface area contributed by atoms with E-state index in [4.69, 9.17) is 0 Å². The fourth-order valence-corrected chi connectivity index (χ4v) is 1.59. The summed E-state index contributed by atoms with van der Waals surface area (Å²) in [5.41, 5.74) is 1.10. The van der Waals surface area contributed by atoms with Crippen molar-refractivity contribution in [2.24, 2.45) is 0 Å². The molecule has 3 nitrogen and oxygen atoms in total. The van der Waals surface area contributed by atoms with Gasteiger partial charge in [-0.3, -0.25) is 0 Å². The van der Waals surface area contributed by atoms with Gasteiger partial charge < -0.3 is 10.1 Å². The average Bonchev–Trinajstić information content (AvgIpc) is 2.56. The van der Waals surface area contributed by atoms with Gasteiger partial charge >= 0.3 is 6.09 Å². The molecule has 1 amide bonds. The molecular weight excluding hydrogens is 174 g/mol. The Morgan fingerprint density at radius 3 is 3.00 bits per heavy atom. The Morgan fingerprint density at radius 1 is 1.75 bits per heavy atom. The molecule has 0 aliphatic rings. The van der Waals surface area contributed by atoms with Gasteiger partial charge in [0.15, 0.2) is 0 Å². The van der Waals surface area contributed by atoms with E-state index in [1.807, 2.05) is 23.8 Å². The van der Waals surface area contributed by atoms with Gasteiger partial charge in [-0.05, 0) is 29.3 Å². The highest BCUT2D eigenvalue weighted by Gasteiger charge is 2.08. The van der Waals surface area contributed by atoms with Crippen molar-refractivity contribution in [3.05, 3.63) is 22.4 Å². The SMILES string of the molecule is COC(=O)NC(C)c1ccsc1. The molecule has 1 aromatic heterocycles. The lowest BCUT2D eigenvalue weighted by molar-refractivity contribution is 0.167. The number of carbonyl (C=O) groups excluding carboxylic acids is 1. The third-order valence-corrected chi connectivity index (χ3v) is 2.26. The molecule has 66 valence electrons. The van der Waals surface area contributed by atoms with Crippen molar-refractivity contribution in [2.45, 2.75) is 13.0 Å². The van der Waals surface area contributed by atoms with Gasteiger partial charge in [0.2, 0.25) is 0 Å². The summed E-state index contributed by atoms with van der Waals surface area (Å²) in [7, 11) is 1.36. The van der Waals surface area contributed by atoms with Crippen molar-refractivity contribution < 1.29 is 9.53 Å². The van der Waals surface area contributed by atoms with E-state index in [1.54, 1.807) is 11.3 Å². The first-order valence-corrected chi connectivity index (χ1v) is 4.55. The molecule has 0 saturated heterocycles. The zero-order chi connectivity index (χ0) is 8.97. The molecule has 4 heteroatoms. The van der Waals surface area contributed by atoms with Crippen molar-refractivity contribution >= 4 is 17.4 Å². The first kappa shape index (κ1) is 9.06. The number of rotatable bonds is 2. The summed E-state index contributed by atoms with van der Waals surface area (Å²) in [6, 6.07) is 1.99. The van der Waals surface area contributed by atoms with Gasteiger partial charge in [-0.1, -0.05) is 0 Å². The molecule has 1 aromatic rings. The van der Waals surface area contributed by atoms with Gasteiger partial charge in [-0.25, -0.2) is 4.79 Å². The van der Waals surface area contributed by atoms with Crippen LogP contribution in [0.25, 0.3) is 0 Å². The minimum atomic E-state index is -0.395. The van der Waals surface area contributed by atoms with Crippen LogP contribution < -0.4 is 5.32 Å². The summed E-state index contributed by atoms with van der Waals surface area (Å²) in [5, 5.41) is 6.66. The van der Waals surface area contributed by atoms with Crippen LogP contribution in [-0.4, -0.2) is 13.2 Å². The van der Waals surface area contributed by atoms with E-state index in [1.165, 1.54) is 7.11 Å². The third-order valence-electron chi connectivity index (χ3n) is 1.56. The number of methoxy groups -OCH3 is 1. The molecule has 0 aromatic carbocycles. The highest BCUT2D eigenvalue weighted by Crippen LogP contribution is 2.15. The maximum Gasteiger partial charge on any atom is 0.407 e. The first-order chi connectivity index (χ1) is 5.74. The minimum absolute atomic E-state index is 0.0173. The number of hydrogen-bond donors (Lipinski definition) is 1. The monoisotopic (exact) mass is 185 g/mol. The summed E-state index contributed by atoms with van der Waals surface area (Å²) in [6.45, 7) is 1.92. The molecule has 0 fully saturated rings. The summed E-state index contributed by atoms with van der Waals surface area (Å²) in [4.78, 5) is 10.8. The number of ether oxygens (including phenoxy) is 1. The van der Waals surface area contributed by atoms with E-state index in [9.17, 15) is 4.79 Å². The van der Waals surface area contributed by atoms with Crippen molar-refractivity contribution in [2.75, 3.05) is 7.11 Å². The third kappa shape index (κ3) is 2.23. The molecule has 1 N–H and O–H groups in total. The molecule has 1 atom stereocenters. The lowest BCUT2D eigenvalue weighted by atomic mass is 10.2. The number of hydrogen-bond acceptors (Lipinski definition) is 3. The molecule has 0 radical (unpaired) electrons. The van der Waals surface area contributed by atoms with Gasteiger partial charge in [0, 0.05) is 0 Å². The van der Waals surface area contributed by atoms with Crippen LogP contribution in [0.1, 0.15) is 18.5 Å². The highest BCUT2D eigenvalue weighted by molar-refractivity contribution is 7.07. The maximum absolute atomic E-state index is 10.8. The fourth-order valence-electron chi connectivity index (χ4n) is 0.840. The van der Waals surface area contributed by atoms with Crippen LogP contribution in [0, 0.1) is 0 Å². The predicted molar refractivity (Wildman–Crippen MR) is 48.3 cm³/mol. The summed E-state index contributed by atoms with van der Waals surface area (Å²) in [6.07, 6.45) is -0.395. The van der Waals surface area contributed by atoms with Crippen molar-refractivity contribution in [1.29, 1.82) is 0 Å². The molecule has 0 saturated carbocycles. The predicted octanol–water partition coefficient (Wildman–Crippen LogP) is 2.17. The Bertz CT molecular complexity index is 246. The van der Waals surface area contributed by atoms with Gasteiger partial charge in [0.05, 0.1) is 13.2 Å². The van der Waals surface area contributed by atoms with E-state index in [-0.39, 0.29) is 6.04 Å². The summed E-state index contributed by atoms with van der Waals surface area (Å²) >= 11 is 1.61. The Hall–Kier alpha value is -1.03. The van der Waals surface area contributed by atoms with Gasteiger partial charge in [-0.2, -0.15) is 11.3 Å². The van der Waals surface area contributed by atoms with E-state index >= 15 is 0 Å². The Kier molecular flexibility index (Phi) is 3.10. The number of thiophene rings is 1. The van der Waals surface area contributed by atoms with Crippen LogP contribution in [0.15, 0.2) is 16.8 Å². The molecule has 1 unspecified atom stereocenters. The lowest BCUT2D eigenvalue weighted by Gasteiger charge is -2.10. The van der Waals surface area contributed by atoms with E-state index in [2.05, 4.69) is 10.1 Å². The molecule has 0 aliphatic heterocycles. The second-order valence-corrected chi connectivity index (χ2v) is 3.19. The van der Waals surface area contributed by atoms with Crippen LogP contribution in [-0.2, 0) is 4.74 Å². The molecule has 1 heterocycles. The van der Waals surface area contributed by atoms with Crippen molar-refractivity contribution in [3.8, 4) is 0 Å². The smallest absolute Gasteiger partial charge is 0.407 e. The number of nitrogens with one attached hydrogen (secondary N) is 1. The zero-order valence-electron chi connectivity index (χ0n) is 7.03. The maximum atomic E-state index is 10.8. The zero-order valence-corrected chi connectivity index (χ0v) is 7.85. The topological polar surface area (TPSA) is 38.3 Å². The van der Waals surface area contributed by atoms with Gasteiger partial charge in [0.25, 0.3) is 0 Å². The minimum Gasteiger partial charge on any atom is -0.453 e. The average molecular weight is 185 g/mol. The van der Waals surface area contributed by atoms with Crippen LogP contribution in [0.4, 0.5) is 4.79 Å². The molecule has 1 rings (SSSR count). The van der Waals surface area contributed by atoms with Crippen LogP contribution in [0.5, 0.6) is 0 Å². The van der Waals surface area contributed by atoms with Crippen LogP contribution >= 0.6 is 11.3 Å². The van der Waals surface area contributed by atoms with Crippen LogP contribution in [0.2, 0.25) is 0 Å². The van der Waals surface area contributed by atoms with Crippen molar-refractivity contribution in [3.63, 3.8) is 0 Å². The molecular formula is C8H11NO2S. The Morgan fingerprint density at radius 2 is 2.50 bits per heavy atom. The van der Waals surface area contributed by atoms with Crippen LogP contribution in [0.3, 0.4) is 0 Å². The normalized spacial score (nSPS) is 12.2.